The second-order valence-electron chi connectivity index (χ2n) is 5.74. The summed E-state index contributed by atoms with van der Waals surface area (Å²) < 4.78 is 18.6. The fraction of sp³-hybridized carbons (Fsp3) is 0.467. The highest BCUT2D eigenvalue weighted by Crippen LogP contribution is 2.22. The normalized spacial score (nSPS) is 25.6. The van der Waals surface area contributed by atoms with Gasteiger partial charge in [0, 0.05) is 41.4 Å². The SMILES string of the molecule is CC1CN(C(=O)c2cccc3c2oc(=O)n3C)CC(C)S1=O. The van der Waals surface area contributed by atoms with Gasteiger partial charge in [-0.05, 0) is 26.0 Å². The fourth-order valence-corrected chi connectivity index (χ4v) is 4.34. The minimum atomic E-state index is -0.921. The number of aromatic nitrogens is 1. The first-order valence-corrected chi connectivity index (χ1v) is 8.45. The monoisotopic (exact) mass is 322 g/mol. The highest BCUT2D eigenvalue weighted by molar-refractivity contribution is 7.86. The molecular weight excluding hydrogens is 304 g/mol. The summed E-state index contributed by atoms with van der Waals surface area (Å²) in [4.78, 5) is 26.1. The van der Waals surface area contributed by atoms with Crippen LogP contribution in [0.3, 0.4) is 0 Å². The van der Waals surface area contributed by atoms with Crippen LogP contribution in [0.4, 0.5) is 0 Å². The van der Waals surface area contributed by atoms with E-state index in [0.29, 0.717) is 29.8 Å². The summed E-state index contributed by atoms with van der Waals surface area (Å²) in [5, 5.41) is -0.121. The number of rotatable bonds is 1. The fourth-order valence-electron chi connectivity index (χ4n) is 2.89. The zero-order valence-corrected chi connectivity index (χ0v) is 13.6. The minimum Gasteiger partial charge on any atom is -0.407 e. The lowest BCUT2D eigenvalue weighted by atomic mass is 10.1. The lowest BCUT2D eigenvalue weighted by Crippen LogP contribution is -2.49. The molecule has 22 heavy (non-hydrogen) atoms. The number of fused-ring (bicyclic) bond motifs is 1. The second-order valence-corrected chi connectivity index (χ2v) is 8.01. The van der Waals surface area contributed by atoms with E-state index in [1.807, 2.05) is 13.8 Å². The van der Waals surface area contributed by atoms with Crippen molar-refractivity contribution >= 4 is 27.8 Å². The van der Waals surface area contributed by atoms with Crippen LogP contribution < -0.4 is 5.76 Å². The number of hydrogen-bond acceptors (Lipinski definition) is 4. The lowest BCUT2D eigenvalue weighted by molar-refractivity contribution is 0.0752. The molecule has 7 heteroatoms. The van der Waals surface area contributed by atoms with E-state index in [9.17, 15) is 13.8 Å². The van der Waals surface area contributed by atoms with E-state index in [4.69, 9.17) is 4.42 Å². The zero-order chi connectivity index (χ0) is 16.0. The zero-order valence-electron chi connectivity index (χ0n) is 12.7. The van der Waals surface area contributed by atoms with Gasteiger partial charge in [0.2, 0.25) is 0 Å². The summed E-state index contributed by atoms with van der Waals surface area (Å²) in [5.41, 5.74) is 1.28. The van der Waals surface area contributed by atoms with Crippen molar-refractivity contribution in [2.75, 3.05) is 13.1 Å². The van der Waals surface area contributed by atoms with Crippen LogP contribution in [0.5, 0.6) is 0 Å². The van der Waals surface area contributed by atoms with E-state index < -0.39 is 16.6 Å². The van der Waals surface area contributed by atoms with Crippen molar-refractivity contribution in [3.05, 3.63) is 34.3 Å². The third-order valence-corrected chi connectivity index (χ3v) is 5.97. The van der Waals surface area contributed by atoms with Crippen molar-refractivity contribution in [2.45, 2.75) is 24.3 Å². The smallest absolute Gasteiger partial charge is 0.407 e. The van der Waals surface area contributed by atoms with Crippen molar-refractivity contribution in [2.24, 2.45) is 7.05 Å². The molecule has 1 saturated heterocycles. The Hall–Kier alpha value is -1.89. The average Bonchev–Trinajstić information content (AvgIpc) is 2.79. The maximum absolute atomic E-state index is 12.8. The molecule has 3 rings (SSSR count). The van der Waals surface area contributed by atoms with Gasteiger partial charge in [0.25, 0.3) is 5.91 Å². The van der Waals surface area contributed by atoms with Crippen molar-refractivity contribution < 1.29 is 13.4 Å². The van der Waals surface area contributed by atoms with E-state index in [1.165, 1.54) is 4.57 Å². The molecule has 0 radical (unpaired) electrons. The largest absolute Gasteiger partial charge is 0.419 e. The Morgan fingerprint density at radius 2 is 1.91 bits per heavy atom. The van der Waals surface area contributed by atoms with Gasteiger partial charge in [0.15, 0.2) is 5.58 Å². The molecule has 6 nitrogen and oxygen atoms in total. The number of para-hydroxylation sites is 1. The molecule has 1 aromatic heterocycles. The molecule has 1 aliphatic rings. The van der Waals surface area contributed by atoms with E-state index >= 15 is 0 Å². The Kier molecular flexibility index (Phi) is 3.68. The molecule has 0 N–H and O–H groups in total. The Labute approximate surface area is 130 Å². The summed E-state index contributed by atoms with van der Waals surface area (Å²) in [5.74, 6) is -0.674. The van der Waals surface area contributed by atoms with Gasteiger partial charge in [-0.3, -0.25) is 13.6 Å². The van der Waals surface area contributed by atoms with E-state index in [0.717, 1.165) is 0 Å². The number of aryl methyl sites for hydroxylation is 1. The molecule has 1 aromatic carbocycles. The summed E-state index contributed by atoms with van der Waals surface area (Å²) in [6.07, 6.45) is 0. The molecule has 2 heterocycles. The van der Waals surface area contributed by atoms with Crippen LogP contribution in [0.25, 0.3) is 11.1 Å². The number of carbonyl (C=O) groups is 1. The first-order chi connectivity index (χ1) is 10.4. The lowest BCUT2D eigenvalue weighted by Gasteiger charge is -2.34. The molecule has 2 atom stereocenters. The van der Waals surface area contributed by atoms with E-state index in [2.05, 4.69) is 0 Å². The quantitative estimate of drug-likeness (QED) is 0.788. The molecule has 2 unspecified atom stereocenters. The number of oxazole rings is 1. The van der Waals surface area contributed by atoms with E-state index in [-0.39, 0.29) is 16.4 Å². The van der Waals surface area contributed by atoms with Gasteiger partial charge in [0.1, 0.15) is 0 Å². The summed E-state index contributed by atoms with van der Waals surface area (Å²) in [6.45, 7) is 4.66. The molecule has 0 saturated carbocycles. The van der Waals surface area contributed by atoms with Crippen LogP contribution in [0, 0.1) is 0 Å². The summed E-state index contributed by atoms with van der Waals surface area (Å²) in [7, 11) is 0.686. The number of nitrogens with zero attached hydrogens (tertiary/aromatic N) is 2. The van der Waals surface area contributed by atoms with Crippen LogP contribution in [0.2, 0.25) is 0 Å². The summed E-state index contributed by atoms with van der Waals surface area (Å²) >= 11 is 0. The first-order valence-electron chi connectivity index (χ1n) is 7.17. The predicted octanol–water partition coefficient (Wildman–Crippen LogP) is 1.11. The van der Waals surface area contributed by atoms with Crippen LogP contribution in [0.1, 0.15) is 24.2 Å². The molecule has 118 valence electrons. The van der Waals surface area contributed by atoms with Gasteiger partial charge in [-0.2, -0.15) is 0 Å². The molecule has 0 aliphatic carbocycles. The maximum Gasteiger partial charge on any atom is 0.419 e. The highest BCUT2D eigenvalue weighted by atomic mass is 32.2. The van der Waals surface area contributed by atoms with E-state index in [1.54, 1.807) is 30.1 Å². The van der Waals surface area contributed by atoms with Crippen LogP contribution >= 0.6 is 0 Å². The first kappa shape index (κ1) is 15.0. The van der Waals surface area contributed by atoms with Crippen LogP contribution in [-0.2, 0) is 17.8 Å². The number of benzene rings is 1. The third-order valence-electron chi connectivity index (χ3n) is 4.08. The Balaban J connectivity index is 2.01. The topological polar surface area (TPSA) is 72.5 Å². The van der Waals surface area contributed by atoms with Crippen LogP contribution in [0.15, 0.2) is 27.4 Å². The highest BCUT2D eigenvalue weighted by Gasteiger charge is 2.32. The molecule has 1 fully saturated rings. The standard InChI is InChI=1S/C15H18N2O4S/c1-9-7-17(8-10(2)22(9)20)14(18)11-5-4-6-12-13(11)21-15(19)16(12)3/h4-6,9-10H,7-8H2,1-3H3. The molecule has 2 aromatic rings. The maximum atomic E-state index is 12.8. The summed E-state index contributed by atoms with van der Waals surface area (Å²) in [6, 6.07) is 5.14. The van der Waals surface area contributed by atoms with Crippen molar-refractivity contribution in [1.29, 1.82) is 0 Å². The molecule has 0 spiro atoms. The van der Waals surface area contributed by atoms with Crippen molar-refractivity contribution in [3.8, 4) is 0 Å². The van der Waals surface area contributed by atoms with Gasteiger partial charge in [-0.15, -0.1) is 0 Å². The van der Waals surface area contributed by atoms with Crippen molar-refractivity contribution in [1.82, 2.24) is 9.47 Å². The minimum absolute atomic E-state index is 0.0605. The average molecular weight is 322 g/mol. The Morgan fingerprint density at radius 1 is 1.27 bits per heavy atom. The molecule has 1 aliphatic heterocycles. The van der Waals surface area contributed by atoms with Gasteiger partial charge < -0.3 is 9.32 Å². The number of hydrogen-bond donors (Lipinski definition) is 0. The number of carbonyl (C=O) groups excluding carboxylic acids is 1. The van der Waals surface area contributed by atoms with Gasteiger partial charge >= 0.3 is 5.76 Å². The van der Waals surface area contributed by atoms with Gasteiger partial charge in [-0.1, -0.05) is 6.07 Å². The van der Waals surface area contributed by atoms with Crippen molar-refractivity contribution in [3.63, 3.8) is 0 Å². The Bertz CT molecular complexity index is 809. The molecule has 1 amide bonds. The predicted molar refractivity (Wildman–Crippen MR) is 84.4 cm³/mol. The van der Waals surface area contributed by atoms with Crippen LogP contribution in [-0.4, -0.2) is 43.2 Å². The van der Waals surface area contributed by atoms with Gasteiger partial charge in [0.05, 0.1) is 11.1 Å². The second kappa shape index (κ2) is 5.39. The third kappa shape index (κ3) is 2.29. The number of amides is 1. The van der Waals surface area contributed by atoms with Gasteiger partial charge in [-0.25, -0.2) is 4.79 Å². The molecule has 0 bridgehead atoms. The Morgan fingerprint density at radius 3 is 2.55 bits per heavy atom. The molecular formula is C15H18N2O4S.